The molecule has 316 valence electrons. The second-order valence-electron chi connectivity index (χ2n) is 18.0. The standard InChI is InChI=1S/C66H42N2/c1-4-18-43(19-5-1)48-26-14-30-52-51(48)29-17-31-57(52)66-58-32-15-27-49(44-36-38-55-53-24-10-12-34-62(53)67(64(55)40-44)46-20-6-2-7-21-46)60(58)42-61-50(28-16-33-59(61)66)45-37-39-56-54-25-11-13-35-63(54)68(65(56)41-45)47-22-8-3-9-23-47/h1-42H. The minimum Gasteiger partial charge on any atom is -0.309 e. The van der Waals surface area contributed by atoms with Gasteiger partial charge >= 0.3 is 0 Å². The van der Waals surface area contributed by atoms with E-state index in [1.807, 2.05) is 0 Å². The van der Waals surface area contributed by atoms with Crippen molar-refractivity contribution in [3.63, 3.8) is 0 Å². The quantitative estimate of drug-likeness (QED) is 0.147. The molecule has 0 bridgehead atoms. The lowest BCUT2D eigenvalue weighted by molar-refractivity contribution is 1.18. The number of hydrogen-bond acceptors (Lipinski definition) is 0. The van der Waals surface area contributed by atoms with Gasteiger partial charge < -0.3 is 9.13 Å². The van der Waals surface area contributed by atoms with Crippen molar-refractivity contribution in [1.29, 1.82) is 0 Å². The number of para-hydroxylation sites is 4. The third-order valence-corrected chi connectivity index (χ3v) is 14.3. The van der Waals surface area contributed by atoms with Crippen LogP contribution in [0.4, 0.5) is 0 Å². The molecule has 14 aromatic rings. The molecule has 2 nitrogen and oxygen atoms in total. The van der Waals surface area contributed by atoms with Gasteiger partial charge in [0.05, 0.1) is 22.1 Å². The molecule has 12 aromatic carbocycles. The van der Waals surface area contributed by atoms with Gasteiger partial charge in [-0.3, -0.25) is 0 Å². The van der Waals surface area contributed by atoms with Crippen LogP contribution in [0.3, 0.4) is 0 Å². The smallest absolute Gasteiger partial charge is 0.0547 e. The number of rotatable bonds is 6. The highest BCUT2D eigenvalue weighted by Gasteiger charge is 2.21. The van der Waals surface area contributed by atoms with E-state index < -0.39 is 0 Å². The van der Waals surface area contributed by atoms with Crippen molar-refractivity contribution in [3.8, 4) is 55.9 Å². The molecule has 0 amide bonds. The number of benzene rings is 12. The van der Waals surface area contributed by atoms with Crippen molar-refractivity contribution in [1.82, 2.24) is 9.13 Å². The summed E-state index contributed by atoms with van der Waals surface area (Å²) in [6.07, 6.45) is 0. The Kier molecular flexibility index (Phi) is 8.62. The summed E-state index contributed by atoms with van der Waals surface area (Å²) < 4.78 is 4.84. The maximum Gasteiger partial charge on any atom is 0.0547 e. The molecule has 0 radical (unpaired) electrons. The van der Waals surface area contributed by atoms with Gasteiger partial charge in [-0.15, -0.1) is 0 Å². The van der Waals surface area contributed by atoms with Crippen LogP contribution in [0.1, 0.15) is 0 Å². The lowest BCUT2D eigenvalue weighted by Gasteiger charge is -2.19. The van der Waals surface area contributed by atoms with Crippen LogP contribution in [0, 0.1) is 0 Å². The Morgan fingerprint density at radius 2 is 0.559 bits per heavy atom. The molecule has 68 heavy (non-hydrogen) atoms. The summed E-state index contributed by atoms with van der Waals surface area (Å²) in [5.74, 6) is 0. The fraction of sp³-hybridized carbons (Fsp3) is 0. The van der Waals surface area contributed by atoms with Crippen LogP contribution in [-0.2, 0) is 0 Å². The van der Waals surface area contributed by atoms with Crippen LogP contribution < -0.4 is 0 Å². The first-order chi connectivity index (χ1) is 33.8. The summed E-state index contributed by atoms with van der Waals surface area (Å²) in [6, 6.07) is 94.0. The van der Waals surface area contributed by atoms with Gasteiger partial charge in [-0.2, -0.15) is 0 Å². The first kappa shape index (κ1) is 38.3. The van der Waals surface area contributed by atoms with E-state index in [1.54, 1.807) is 0 Å². The number of nitrogens with zero attached hydrogens (tertiary/aromatic N) is 2. The Morgan fingerprint density at radius 1 is 0.191 bits per heavy atom. The molecule has 2 heterocycles. The summed E-state index contributed by atoms with van der Waals surface area (Å²) in [4.78, 5) is 0. The highest BCUT2D eigenvalue weighted by molar-refractivity contribution is 6.23. The Balaban J connectivity index is 1.07. The molecule has 0 unspecified atom stereocenters. The minimum atomic E-state index is 1.15. The van der Waals surface area contributed by atoms with Gasteiger partial charge in [0.2, 0.25) is 0 Å². The van der Waals surface area contributed by atoms with Gasteiger partial charge in [0.15, 0.2) is 0 Å². The molecule has 0 saturated carbocycles. The normalized spacial score (nSPS) is 11.8. The summed E-state index contributed by atoms with van der Waals surface area (Å²) >= 11 is 0. The van der Waals surface area contributed by atoms with E-state index in [9.17, 15) is 0 Å². The van der Waals surface area contributed by atoms with E-state index in [2.05, 4.69) is 264 Å². The van der Waals surface area contributed by atoms with Crippen molar-refractivity contribution in [3.05, 3.63) is 255 Å². The van der Waals surface area contributed by atoms with Gasteiger partial charge in [0.25, 0.3) is 0 Å². The summed E-state index contributed by atoms with van der Waals surface area (Å²) in [5, 5.41) is 12.4. The van der Waals surface area contributed by atoms with Gasteiger partial charge in [-0.25, -0.2) is 0 Å². The van der Waals surface area contributed by atoms with E-state index >= 15 is 0 Å². The maximum absolute atomic E-state index is 2.48. The van der Waals surface area contributed by atoms with Crippen LogP contribution in [0.2, 0.25) is 0 Å². The topological polar surface area (TPSA) is 9.86 Å². The van der Waals surface area contributed by atoms with Crippen molar-refractivity contribution < 1.29 is 0 Å². The van der Waals surface area contributed by atoms with Crippen molar-refractivity contribution in [2.75, 3.05) is 0 Å². The predicted molar refractivity (Wildman–Crippen MR) is 289 cm³/mol. The second-order valence-corrected chi connectivity index (χ2v) is 18.0. The molecule has 2 aromatic heterocycles. The van der Waals surface area contributed by atoms with Gasteiger partial charge in [0, 0.05) is 32.9 Å². The fourth-order valence-corrected chi connectivity index (χ4v) is 11.3. The average Bonchev–Trinajstić information content (AvgIpc) is 3.92. The largest absolute Gasteiger partial charge is 0.309 e. The SMILES string of the molecule is c1ccc(-c2cccc3c(-c4c5cccc(-c6ccc7c8ccccc8n(-c8ccccc8)c7c6)c5cc5c(-c6ccc7c8ccccc8n(-c8ccccc8)c7c6)cccc45)cccc23)cc1. The third kappa shape index (κ3) is 5.84. The molecule has 0 atom stereocenters. The molecule has 0 aliphatic carbocycles. The van der Waals surface area contributed by atoms with Crippen molar-refractivity contribution >= 4 is 75.9 Å². The van der Waals surface area contributed by atoms with Crippen LogP contribution >= 0.6 is 0 Å². The molecule has 0 saturated heterocycles. The zero-order valence-corrected chi connectivity index (χ0v) is 37.1. The molecule has 14 rings (SSSR count). The van der Waals surface area contributed by atoms with Crippen molar-refractivity contribution in [2.24, 2.45) is 0 Å². The summed E-state index contributed by atoms with van der Waals surface area (Å²) in [7, 11) is 0. The minimum absolute atomic E-state index is 1.15. The zero-order chi connectivity index (χ0) is 44.7. The van der Waals surface area contributed by atoms with E-state index in [1.165, 1.54) is 120 Å². The van der Waals surface area contributed by atoms with Crippen molar-refractivity contribution in [2.45, 2.75) is 0 Å². The Hall–Kier alpha value is -8.98. The average molecular weight is 863 g/mol. The van der Waals surface area contributed by atoms with E-state index in [0.717, 1.165) is 11.4 Å². The lowest BCUT2D eigenvalue weighted by Crippen LogP contribution is -1.94. The van der Waals surface area contributed by atoms with Gasteiger partial charge in [0.1, 0.15) is 0 Å². The molecule has 0 aliphatic rings. The highest BCUT2D eigenvalue weighted by atomic mass is 15.0. The maximum atomic E-state index is 2.48. The van der Waals surface area contributed by atoms with Gasteiger partial charge in [-0.05, 0) is 131 Å². The predicted octanol–water partition coefficient (Wildman–Crippen LogP) is 18.0. The number of aromatic nitrogens is 2. The molecule has 0 aliphatic heterocycles. The molecular weight excluding hydrogens is 821 g/mol. The fourth-order valence-electron chi connectivity index (χ4n) is 11.3. The first-order valence-corrected chi connectivity index (χ1v) is 23.5. The Morgan fingerprint density at radius 3 is 1.06 bits per heavy atom. The molecular formula is C66H42N2. The monoisotopic (exact) mass is 862 g/mol. The molecule has 0 N–H and O–H groups in total. The summed E-state index contributed by atoms with van der Waals surface area (Å²) in [5.41, 5.74) is 16.8. The third-order valence-electron chi connectivity index (χ3n) is 14.3. The van der Waals surface area contributed by atoms with E-state index in [4.69, 9.17) is 0 Å². The van der Waals surface area contributed by atoms with E-state index in [0.29, 0.717) is 0 Å². The lowest BCUT2D eigenvalue weighted by atomic mass is 9.84. The number of hydrogen-bond donors (Lipinski definition) is 0. The highest BCUT2D eigenvalue weighted by Crippen LogP contribution is 2.47. The number of fused-ring (bicyclic) bond motifs is 9. The summed E-state index contributed by atoms with van der Waals surface area (Å²) in [6.45, 7) is 0. The Labute approximate surface area is 393 Å². The zero-order valence-electron chi connectivity index (χ0n) is 37.1. The van der Waals surface area contributed by atoms with Crippen LogP contribution in [-0.4, -0.2) is 9.13 Å². The molecule has 0 spiro atoms. The van der Waals surface area contributed by atoms with Crippen LogP contribution in [0.25, 0.3) is 132 Å². The molecule has 0 fully saturated rings. The van der Waals surface area contributed by atoms with Crippen LogP contribution in [0.15, 0.2) is 255 Å². The Bertz CT molecular complexity index is 4080. The first-order valence-electron chi connectivity index (χ1n) is 23.5. The second kappa shape index (κ2) is 15.3. The van der Waals surface area contributed by atoms with E-state index in [-0.39, 0.29) is 0 Å². The van der Waals surface area contributed by atoms with Gasteiger partial charge in [-0.1, -0.05) is 200 Å². The molecule has 2 heteroatoms. The van der Waals surface area contributed by atoms with Crippen LogP contribution in [0.5, 0.6) is 0 Å².